The molecule has 0 aliphatic heterocycles. The Balaban J connectivity index is 3.52. The Kier molecular flexibility index (Phi) is 11.4. The molecule has 1 N–H and O–H groups in total. The number of Topliss-reactive ketones (excluding diaryl/α,β-unsaturated/α-hetero) is 1. The van der Waals surface area contributed by atoms with Crippen molar-refractivity contribution in [2.24, 2.45) is 5.92 Å². The number of hydrogen-bond acceptors (Lipinski definition) is 2. The molecule has 0 aromatic heterocycles. The zero-order chi connectivity index (χ0) is 12.9. The zero-order valence-electron chi connectivity index (χ0n) is 11.5. The molecule has 0 aromatic carbocycles. The van der Waals surface area contributed by atoms with Gasteiger partial charge in [-0.1, -0.05) is 45.3 Å². The van der Waals surface area contributed by atoms with Gasteiger partial charge in [0.15, 0.2) is 0 Å². The maximum Gasteiger partial charge on any atom is 0.133 e. The summed E-state index contributed by atoms with van der Waals surface area (Å²) in [6.07, 6.45) is 12.4. The van der Waals surface area contributed by atoms with Crippen molar-refractivity contribution in [3.05, 3.63) is 12.2 Å². The molecule has 1 unspecified atom stereocenters. The van der Waals surface area contributed by atoms with Crippen molar-refractivity contribution >= 4 is 5.78 Å². The van der Waals surface area contributed by atoms with Crippen LogP contribution >= 0.6 is 0 Å². The molecular weight excluding hydrogens is 212 g/mol. The molecule has 0 aromatic rings. The average molecular weight is 240 g/mol. The van der Waals surface area contributed by atoms with Crippen molar-refractivity contribution in [2.45, 2.75) is 65.2 Å². The maximum atomic E-state index is 11.4. The minimum absolute atomic E-state index is 0.118. The van der Waals surface area contributed by atoms with E-state index in [-0.39, 0.29) is 12.4 Å². The van der Waals surface area contributed by atoms with E-state index >= 15 is 0 Å². The van der Waals surface area contributed by atoms with E-state index in [0.29, 0.717) is 25.2 Å². The van der Waals surface area contributed by atoms with Gasteiger partial charge in [-0.3, -0.25) is 4.79 Å². The summed E-state index contributed by atoms with van der Waals surface area (Å²) in [7, 11) is 0. The minimum atomic E-state index is 0.118. The van der Waals surface area contributed by atoms with Gasteiger partial charge in [0, 0.05) is 19.4 Å². The van der Waals surface area contributed by atoms with Crippen molar-refractivity contribution in [1.82, 2.24) is 0 Å². The summed E-state index contributed by atoms with van der Waals surface area (Å²) in [6, 6.07) is 0. The molecule has 2 heteroatoms. The number of rotatable bonds is 11. The number of hydrogen-bond donors (Lipinski definition) is 1. The zero-order valence-corrected chi connectivity index (χ0v) is 11.5. The summed E-state index contributed by atoms with van der Waals surface area (Å²) in [5.41, 5.74) is 0. The van der Waals surface area contributed by atoms with Crippen LogP contribution < -0.4 is 0 Å². The normalized spacial score (nSPS) is 13.1. The molecule has 0 aliphatic carbocycles. The van der Waals surface area contributed by atoms with Gasteiger partial charge in [0.05, 0.1) is 0 Å². The van der Waals surface area contributed by atoms with Crippen molar-refractivity contribution in [3.8, 4) is 0 Å². The summed E-state index contributed by atoms with van der Waals surface area (Å²) < 4.78 is 0. The minimum Gasteiger partial charge on any atom is -0.396 e. The van der Waals surface area contributed by atoms with Crippen LogP contribution in [0, 0.1) is 5.92 Å². The topological polar surface area (TPSA) is 37.3 Å². The van der Waals surface area contributed by atoms with Crippen LogP contribution in [0.4, 0.5) is 0 Å². The van der Waals surface area contributed by atoms with Gasteiger partial charge in [0.2, 0.25) is 0 Å². The highest BCUT2D eigenvalue weighted by Gasteiger charge is 2.05. The van der Waals surface area contributed by atoms with E-state index in [1.54, 1.807) is 0 Å². The lowest BCUT2D eigenvalue weighted by Crippen LogP contribution is -2.04. The molecule has 0 fully saturated rings. The predicted octanol–water partition coefficient (Wildman–Crippen LogP) is 3.88. The Hall–Kier alpha value is -0.630. The van der Waals surface area contributed by atoms with Crippen molar-refractivity contribution < 1.29 is 9.90 Å². The van der Waals surface area contributed by atoms with E-state index in [4.69, 9.17) is 5.11 Å². The highest BCUT2D eigenvalue weighted by Crippen LogP contribution is 2.09. The molecule has 0 aliphatic rings. The van der Waals surface area contributed by atoms with Crippen LogP contribution in [-0.2, 0) is 4.79 Å². The predicted molar refractivity (Wildman–Crippen MR) is 73.0 cm³/mol. The van der Waals surface area contributed by atoms with E-state index in [2.05, 4.69) is 26.0 Å². The molecule has 0 heterocycles. The number of ketones is 1. The molecule has 2 nitrogen and oxygen atoms in total. The molecule has 0 radical (unpaired) electrons. The van der Waals surface area contributed by atoms with Crippen LogP contribution in [0.5, 0.6) is 0 Å². The highest BCUT2D eigenvalue weighted by atomic mass is 16.3. The summed E-state index contributed by atoms with van der Waals surface area (Å²) in [5.74, 6) is 0.606. The second-order valence-electron chi connectivity index (χ2n) is 4.82. The van der Waals surface area contributed by atoms with Crippen LogP contribution in [0.25, 0.3) is 0 Å². The van der Waals surface area contributed by atoms with Crippen molar-refractivity contribution in [3.63, 3.8) is 0 Å². The van der Waals surface area contributed by atoms with Gasteiger partial charge in [0.25, 0.3) is 0 Å². The second-order valence-corrected chi connectivity index (χ2v) is 4.82. The Morgan fingerprint density at radius 2 is 2.00 bits per heavy atom. The van der Waals surface area contributed by atoms with Gasteiger partial charge in [-0.15, -0.1) is 0 Å². The van der Waals surface area contributed by atoms with E-state index in [0.717, 1.165) is 6.42 Å². The second kappa shape index (κ2) is 11.8. The van der Waals surface area contributed by atoms with Crippen LogP contribution in [0.3, 0.4) is 0 Å². The number of aliphatic hydroxyl groups excluding tert-OH is 1. The summed E-state index contributed by atoms with van der Waals surface area (Å²) in [6.45, 7) is 4.42. The summed E-state index contributed by atoms with van der Waals surface area (Å²) in [4.78, 5) is 11.4. The fraction of sp³-hybridized carbons (Fsp3) is 0.800. The molecule has 0 saturated carbocycles. The summed E-state index contributed by atoms with van der Waals surface area (Å²) in [5, 5.41) is 8.63. The van der Waals surface area contributed by atoms with Gasteiger partial charge in [-0.2, -0.15) is 0 Å². The standard InChI is InChI=1S/C15H28O2/c1-3-4-5-6-7-8-10-14(2)13-15(17)11-9-12-16/h8,10,14,16H,3-7,9,11-13H2,1-2H3/b10-8+. The Morgan fingerprint density at radius 1 is 1.24 bits per heavy atom. The number of allylic oxidation sites excluding steroid dienone is 2. The average Bonchev–Trinajstić information content (AvgIpc) is 2.31. The first-order valence-corrected chi connectivity index (χ1v) is 7.00. The third-order valence-corrected chi connectivity index (χ3v) is 2.85. The molecule has 0 bridgehead atoms. The van der Waals surface area contributed by atoms with Gasteiger partial charge < -0.3 is 5.11 Å². The fourth-order valence-corrected chi connectivity index (χ4v) is 1.82. The first-order chi connectivity index (χ1) is 8.20. The van der Waals surface area contributed by atoms with Gasteiger partial charge in [-0.05, 0) is 25.2 Å². The first-order valence-electron chi connectivity index (χ1n) is 7.00. The van der Waals surface area contributed by atoms with E-state index in [1.807, 2.05) is 0 Å². The quantitative estimate of drug-likeness (QED) is 0.439. The Bertz CT molecular complexity index is 209. The lowest BCUT2D eigenvalue weighted by Gasteiger charge is -2.04. The molecule has 17 heavy (non-hydrogen) atoms. The van der Waals surface area contributed by atoms with Crippen LogP contribution in [0.1, 0.15) is 65.2 Å². The van der Waals surface area contributed by atoms with E-state index in [1.165, 1.54) is 25.7 Å². The lowest BCUT2D eigenvalue weighted by atomic mass is 10.0. The van der Waals surface area contributed by atoms with Gasteiger partial charge in [0.1, 0.15) is 5.78 Å². The SMILES string of the molecule is CCCCCC/C=C/C(C)CC(=O)CCCO. The van der Waals surface area contributed by atoms with Gasteiger partial charge in [-0.25, -0.2) is 0 Å². The molecule has 1 atom stereocenters. The van der Waals surface area contributed by atoms with Crippen molar-refractivity contribution in [2.75, 3.05) is 6.61 Å². The molecule has 0 saturated heterocycles. The van der Waals surface area contributed by atoms with Crippen LogP contribution in [0.15, 0.2) is 12.2 Å². The third-order valence-electron chi connectivity index (χ3n) is 2.85. The first kappa shape index (κ1) is 16.4. The van der Waals surface area contributed by atoms with Crippen molar-refractivity contribution in [1.29, 1.82) is 0 Å². The van der Waals surface area contributed by atoms with Gasteiger partial charge >= 0.3 is 0 Å². The largest absolute Gasteiger partial charge is 0.396 e. The monoisotopic (exact) mass is 240 g/mol. The smallest absolute Gasteiger partial charge is 0.133 e. The highest BCUT2D eigenvalue weighted by molar-refractivity contribution is 5.78. The maximum absolute atomic E-state index is 11.4. The number of carbonyl (C=O) groups excluding carboxylic acids is 1. The number of carbonyl (C=O) groups is 1. The van der Waals surface area contributed by atoms with E-state index in [9.17, 15) is 4.79 Å². The number of unbranched alkanes of at least 4 members (excludes halogenated alkanes) is 4. The molecule has 0 rings (SSSR count). The van der Waals surface area contributed by atoms with Crippen LogP contribution in [-0.4, -0.2) is 17.5 Å². The molecule has 0 amide bonds. The molecule has 0 spiro atoms. The lowest BCUT2D eigenvalue weighted by molar-refractivity contribution is -0.119. The third kappa shape index (κ3) is 11.6. The Morgan fingerprint density at radius 3 is 2.65 bits per heavy atom. The van der Waals surface area contributed by atoms with Crippen LogP contribution in [0.2, 0.25) is 0 Å². The van der Waals surface area contributed by atoms with E-state index < -0.39 is 0 Å². The summed E-state index contributed by atoms with van der Waals surface area (Å²) >= 11 is 0. The number of aliphatic hydroxyl groups is 1. The molecule has 100 valence electrons. The Labute approximate surface area is 106 Å². The molecular formula is C15H28O2. The fourth-order valence-electron chi connectivity index (χ4n) is 1.82.